The molecule has 0 aliphatic heterocycles. The number of benzene rings is 1. The number of hydrogen-bond acceptors (Lipinski definition) is 4. The lowest BCUT2D eigenvalue weighted by molar-refractivity contribution is 0.454. The van der Waals surface area contributed by atoms with E-state index in [-0.39, 0.29) is 17.3 Å². The van der Waals surface area contributed by atoms with E-state index in [4.69, 9.17) is 4.42 Å². The molecule has 2 heterocycles. The predicted molar refractivity (Wildman–Crippen MR) is 82.1 cm³/mol. The Kier molecular flexibility index (Phi) is 3.39. The molecule has 0 bridgehead atoms. The van der Waals surface area contributed by atoms with Gasteiger partial charge in [-0.05, 0) is 19.1 Å². The van der Waals surface area contributed by atoms with Gasteiger partial charge in [0.05, 0.1) is 11.8 Å². The molecule has 0 amide bonds. The zero-order valence-corrected chi connectivity index (χ0v) is 12.6. The van der Waals surface area contributed by atoms with Crippen LogP contribution in [0.2, 0.25) is 0 Å². The molecule has 1 aromatic carbocycles. The molecule has 2 N–H and O–H groups in total. The van der Waals surface area contributed by atoms with E-state index < -0.39 is 5.56 Å². The number of furan rings is 1. The first-order valence-electron chi connectivity index (χ1n) is 6.20. The third-order valence-electron chi connectivity index (χ3n) is 3.16. The number of aryl methyl sites for hydroxylation is 1. The molecule has 5 nitrogen and oxygen atoms in total. The fourth-order valence-electron chi connectivity index (χ4n) is 2.13. The molecule has 21 heavy (non-hydrogen) atoms. The number of H-pyrrole nitrogens is 1. The zero-order valence-electron chi connectivity index (χ0n) is 11.1. The number of aromatic hydroxyl groups is 1. The molecule has 0 aliphatic rings. The minimum Gasteiger partial charge on any atom is -0.493 e. The molecule has 106 valence electrons. The van der Waals surface area contributed by atoms with Crippen LogP contribution < -0.4 is 5.56 Å². The van der Waals surface area contributed by atoms with Gasteiger partial charge < -0.3 is 14.5 Å². The van der Waals surface area contributed by atoms with Crippen LogP contribution in [0.4, 0.5) is 0 Å². The first-order valence-corrected chi connectivity index (χ1v) is 7.00. The number of rotatable bonds is 2. The summed E-state index contributed by atoms with van der Waals surface area (Å²) < 4.78 is 5.89. The van der Waals surface area contributed by atoms with Gasteiger partial charge in [-0.3, -0.25) is 4.79 Å². The first kappa shape index (κ1) is 13.6. The quantitative estimate of drug-likeness (QED) is 0.744. The minimum atomic E-state index is -0.412. The summed E-state index contributed by atoms with van der Waals surface area (Å²) in [5.74, 6) is 0.576. The van der Waals surface area contributed by atoms with Crippen LogP contribution in [0.25, 0.3) is 22.5 Å². The van der Waals surface area contributed by atoms with E-state index >= 15 is 0 Å². The van der Waals surface area contributed by atoms with Gasteiger partial charge in [-0.25, -0.2) is 0 Å². The van der Waals surface area contributed by atoms with Gasteiger partial charge in [0, 0.05) is 10.0 Å². The van der Waals surface area contributed by atoms with Crippen LogP contribution in [0.3, 0.4) is 0 Å². The van der Waals surface area contributed by atoms with Crippen molar-refractivity contribution in [2.24, 2.45) is 0 Å². The Bertz CT molecular complexity index is 867. The minimum absolute atomic E-state index is 0.132. The monoisotopic (exact) mass is 346 g/mol. The Hall–Kier alpha value is -2.34. The van der Waals surface area contributed by atoms with Crippen molar-refractivity contribution in [3.8, 4) is 28.4 Å². The zero-order chi connectivity index (χ0) is 15.0. The summed E-state index contributed by atoms with van der Waals surface area (Å²) in [5.41, 5.74) is 0.942. The average molecular weight is 347 g/mol. The second kappa shape index (κ2) is 5.21. The van der Waals surface area contributed by atoms with E-state index in [1.54, 1.807) is 31.2 Å². The predicted octanol–water partition coefficient (Wildman–Crippen LogP) is 3.47. The van der Waals surface area contributed by atoms with Crippen molar-refractivity contribution in [2.45, 2.75) is 6.92 Å². The van der Waals surface area contributed by atoms with Gasteiger partial charge in [0.25, 0.3) is 5.56 Å². The van der Waals surface area contributed by atoms with Gasteiger partial charge in [-0.1, -0.05) is 34.1 Å². The van der Waals surface area contributed by atoms with Gasteiger partial charge in [0.1, 0.15) is 17.1 Å². The van der Waals surface area contributed by atoms with E-state index in [0.29, 0.717) is 21.4 Å². The van der Waals surface area contributed by atoms with Crippen molar-refractivity contribution in [1.29, 1.82) is 0 Å². The Balaban J connectivity index is 2.21. The van der Waals surface area contributed by atoms with Crippen molar-refractivity contribution in [2.75, 3.05) is 0 Å². The van der Waals surface area contributed by atoms with E-state index in [9.17, 15) is 9.90 Å². The summed E-state index contributed by atoms with van der Waals surface area (Å²) in [4.78, 5) is 19.1. The summed E-state index contributed by atoms with van der Waals surface area (Å²) in [6, 6.07) is 8.83. The lowest BCUT2D eigenvalue weighted by Crippen LogP contribution is -2.12. The normalized spacial score (nSPS) is 10.8. The van der Waals surface area contributed by atoms with E-state index in [0.717, 1.165) is 0 Å². The van der Waals surface area contributed by atoms with Gasteiger partial charge in [0.15, 0.2) is 0 Å². The highest BCUT2D eigenvalue weighted by atomic mass is 79.9. The third kappa shape index (κ3) is 2.38. The van der Waals surface area contributed by atoms with Gasteiger partial charge >= 0.3 is 0 Å². The number of hydrogen-bond donors (Lipinski definition) is 2. The summed E-state index contributed by atoms with van der Waals surface area (Å²) in [6.07, 6.45) is 1.50. The van der Waals surface area contributed by atoms with E-state index in [2.05, 4.69) is 25.9 Å². The van der Waals surface area contributed by atoms with Crippen molar-refractivity contribution in [1.82, 2.24) is 9.97 Å². The van der Waals surface area contributed by atoms with Crippen molar-refractivity contribution >= 4 is 15.9 Å². The fourth-order valence-corrected chi connectivity index (χ4v) is 2.61. The lowest BCUT2D eigenvalue weighted by Gasteiger charge is -2.07. The maximum atomic E-state index is 12.3. The third-order valence-corrected chi connectivity index (χ3v) is 3.85. The molecule has 0 spiro atoms. The standard InChI is InChI=1S/C15H11BrN2O3/c1-8-9(6-7-21-8)13-17-14(19)12(15(20)18-13)10-4-2-3-5-11(10)16/h2-7H,1H3,(H2,17,18,19,20). The summed E-state index contributed by atoms with van der Waals surface area (Å²) in [5, 5.41) is 10.2. The molecule has 3 rings (SSSR count). The number of nitrogens with one attached hydrogen (secondary N) is 1. The Morgan fingerprint density at radius 3 is 2.62 bits per heavy atom. The molecule has 0 saturated heterocycles. The number of halogens is 1. The smallest absolute Gasteiger partial charge is 0.262 e. The van der Waals surface area contributed by atoms with E-state index in [1.165, 1.54) is 6.26 Å². The molecule has 0 atom stereocenters. The second-order valence-electron chi connectivity index (χ2n) is 4.48. The number of aromatic amines is 1. The maximum absolute atomic E-state index is 12.3. The van der Waals surface area contributed by atoms with E-state index in [1.807, 2.05) is 6.07 Å². The number of aromatic nitrogens is 2. The van der Waals surface area contributed by atoms with Crippen LogP contribution in [0.15, 0.2) is 50.3 Å². The Morgan fingerprint density at radius 2 is 2.00 bits per heavy atom. The first-order chi connectivity index (χ1) is 10.1. The Labute approximate surface area is 128 Å². The summed E-state index contributed by atoms with van der Waals surface area (Å²) in [6.45, 7) is 1.76. The van der Waals surface area contributed by atoms with Crippen LogP contribution in [-0.2, 0) is 0 Å². The highest BCUT2D eigenvalue weighted by molar-refractivity contribution is 9.10. The second-order valence-corrected chi connectivity index (χ2v) is 5.34. The fraction of sp³-hybridized carbons (Fsp3) is 0.0667. The lowest BCUT2D eigenvalue weighted by atomic mass is 10.1. The summed E-state index contributed by atoms with van der Waals surface area (Å²) in [7, 11) is 0. The molecule has 0 unspecified atom stereocenters. The molecular weight excluding hydrogens is 336 g/mol. The molecular formula is C15H11BrN2O3. The van der Waals surface area contributed by atoms with Crippen LogP contribution in [0.5, 0.6) is 5.88 Å². The van der Waals surface area contributed by atoms with Gasteiger partial charge in [-0.15, -0.1) is 0 Å². The molecule has 0 aliphatic carbocycles. The van der Waals surface area contributed by atoms with Crippen LogP contribution in [-0.4, -0.2) is 15.1 Å². The average Bonchev–Trinajstić information content (AvgIpc) is 2.86. The van der Waals surface area contributed by atoms with Crippen LogP contribution >= 0.6 is 15.9 Å². The molecule has 0 radical (unpaired) electrons. The molecule has 0 saturated carbocycles. The van der Waals surface area contributed by atoms with Crippen molar-refractivity contribution < 1.29 is 9.52 Å². The maximum Gasteiger partial charge on any atom is 0.262 e. The summed E-state index contributed by atoms with van der Waals surface area (Å²) >= 11 is 3.36. The highest BCUT2D eigenvalue weighted by Gasteiger charge is 2.17. The van der Waals surface area contributed by atoms with Gasteiger partial charge in [-0.2, -0.15) is 4.98 Å². The molecule has 3 aromatic rings. The highest BCUT2D eigenvalue weighted by Crippen LogP contribution is 2.31. The molecule has 0 fully saturated rings. The van der Waals surface area contributed by atoms with Crippen molar-refractivity contribution in [3.05, 3.63) is 57.2 Å². The van der Waals surface area contributed by atoms with Crippen LogP contribution in [0.1, 0.15) is 5.76 Å². The van der Waals surface area contributed by atoms with Gasteiger partial charge in [0.2, 0.25) is 5.88 Å². The molecule has 6 heteroatoms. The number of nitrogens with zero attached hydrogens (tertiary/aromatic N) is 1. The van der Waals surface area contributed by atoms with Crippen molar-refractivity contribution in [3.63, 3.8) is 0 Å². The molecule has 2 aromatic heterocycles. The topological polar surface area (TPSA) is 79.1 Å². The van der Waals surface area contributed by atoms with Crippen LogP contribution in [0, 0.1) is 6.92 Å². The SMILES string of the molecule is Cc1occc1-c1nc(O)c(-c2ccccc2Br)c(=O)[nH]1. The largest absolute Gasteiger partial charge is 0.493 e. The Morgan fingerprint density at radius 1 is 1.24 bits per heavy atom.